The lowest BCUT2D eigenvalue weighted by Crippen LogP contribution is -2.45. The number of benzene rings is 2. The highest BCUT2D eigenvalue weighted by atomic mass is 16.5. The maximum absolute atomic E-state index is 12.1. The fourth-order valence-corrected chi connectivity index (χ4v) is 2.83. The van der Waals surface area contributed by atoms with Crippen LogP contribution in [0.3, 0.4) is 0 Å². The monoisotopic (exact) mass is 370 g/mol. The molecule has 0 aliphatic rings. The van der Waals surface area contributed by atoms with Crippen LogP contribution in [-0.2, 0) is 16.0 Å². The summed E-state index contributed by atoms with van der Waals surface area (Å²) in [6.45, 7) is 5.40. The van der Waals surface area contributed by atoms with Crippen molar-refractivity contribution in [3.8, 4) is 5.75 Å². The van der Waals surface area contributed by atoms with E-state index in [1.807, 2.05) is 32.0 Å². The molecule has 0 bridgehead atoms. The second kappa shape index (κ2) is 8.68. The largest absolute Gasteiger partial charge is 0.497 e. The fraction of sp³-hybridized carbons (Fsp3) is 0.333. The highest BCUT2D eigenvalue weighted by Crippen LogP contribution is 2.17. The molecule has 2 rings (SSSR count). The second-order valence-electron chi connectivity index (χ2n) is 7.03. The molecule has 6 nitrogen and oxygen atoms in total. The minimum atomic E-state index is -1.19. The maximum atomic E-state index is 12.1. The molecule has 0 aliphatic carbocycles. The first kappa shape index (κ1) is 20.5. The predicted octanol–water partition coefficient (Wildman–Crippen LogP) is 2.36. The van der Waals surface area contributed by atoms with Gasteiger partial charge < -0.3 is 20.5 Å². The third kappa shape index (κ3) is 6.42. The maximum Gasteiger partial charge on any atom is 0.313 e. The number of hydrogen-bond acceptors (Lipinski definition) is 4. The summed E-state index contributed by atoms with van der Waals surface area (Å²) in [7, 11) is 1.59. The molecule has 2 aromatic rings. The molecule has 6 heteroatoms. The van der Waals surface area contributed by atoms with Crippen molar-refractivity contribution in [3.05, 3.63) is 59.2 Å². The zero-order valence-corrected chi connectivity index (χ0v) is 16.1. The normalized spacial score (nSPS) is 12.8. The number of methoxy groups -OCH3 is 1. The molecule has 1 atom stereocenters. The third-order valence-electron chi connectivity index (χ3n) is 4.06. The van der Waals surface area contributed by atoms with Gasteiger partial charge in [0.25, 0.3) is 0 Å². The minimum absolute atomic E-state index is 0.0435. The van der Waals surface area contributed by atoms with Crippen LogP contribution >= 0.6 is 0 Å². The van der Waals surface area contributed by atoms with E-state index >= 15 is 0 Å². The van der Waals surface area contributed by atoms with Crippen LogP contribution < -0.4 is 15.4 Å². The fourth-order valence-electron chi connectivity index (χ4n) is 2.83. The number of carbonyl (C=O) groups excluding carboxylic acids is 2. The van der Waals surface area contributed by atoms with Crippen molar-refractivity contribution in [3.63, 3.8) is 0 Å². The number of hydrogen-bond donors (Lipinski definition) is 3. The number of rotatable bonds is 6. The van der Waals surface area contributed by atoms with Crippen LogP contribution in [0.1, 0.15) is 23.6 Å². The molecule has 0 saturated carbocycles. The van der Waals surface area contributed by atoms with E-state index in [4.69, 9.17) is 4.74 Å². The van der Waals surface area contributed by atoms with Crippen molar-refractivity contribution < 1.29 is 19.4 Å². The second-order valence-corrected chi connectivity index (χ2v) is 7.03. The van der Waals surface area contributed by atoms with Gasteiger partial charge >= 0.3 is 11.8 Å². The molecule has 0 aliphatic heterocycles. The molecule has 3 N–H and O–H groups in total. The summed E-state index contributed by atoms with van der Waals surface area (Å²) >= 11 is 0. The molecule has 0 saturated heterocycles. The first-order valence-electron chi connectivity index (χ1n) is 8.71. The predicted molar refractivity (Wildman–Crippen MR) is 105 cm³/mol. The van der Waals surface area contributed by atoms with Crippen LogP contribution in [0.2, 0.25) is 0 Å². The van der Waals surface area contributed by atoms with Gasteiger partial charge in [0.15, 0.2) is 0 Å². The Morgan fingerprint density at radius 2 is 1.63 bits per heavy atom. The molecule has 2 amide bonds. The smallest absolute Gasteiger partial charge is 0.313 e. The van der Waals surface area contributed by atoms with Gasteiger partial charge in [0.2, 0.25) is 0 Å². The van der Waals surface area contributed by atoms with Crippen LogP contribution in [0.4, 0.5) is 5.69 Å². The van der Waals surface area contributed by atoms with E-state index in [9.17, 15) is 14.7 Å². The Bertz CT molecular complexity index is 793. The Morgan fingerprint density at radius 3 is 2.19 bits per heavy atom. The zero-order valence-electron chi connectivity index (χ0n) is 16.1. The van der Waals surface area contributed by atoms with Crippen molar-refractivity contribution in [1.82, 2.24) is 5.32 Å². The van der Waals surface area contributed by atoms with Crippen LogP contribution in [-0.4, -0.2) is 36.2 Å². The minimum Gasteiger partial charge on any atom is -0.497 e. The number of nitrogens with one attached hydrogen (secondary N) is 2. The van der Waals surface area contributed by atoms with Crippen LogP contribution in [0.25, 0.3) is 0 Å². The van der Waals surface area contributed by atoms with E-state index in [-0.39, 0.29) is 6.54 Å². The highest BCUT2D eigenvalue weighted by molar-refractivity contribution is 6.39. The van der Waals surface area contributed by atoms with Crippen LogP contribution in [0.15, 0.2) is 42.5 Å². The van der Waals surface area contributed by atoms with Crippen LogP contribution in [0, 0.1) is 13.8 Å². The van der Waals surface area contributed by atoms with Gasteiger partial charge in [0, 0.05) is 18.7 Å². The standard InChI is InChI=1S/C21H26N2O4/c1-14-9-15(2)11-17(10-14)23-20(25)19(24)22-13-21(3,26)12-16-5-7-18(27-4)8-6-16/h5-11,26H,12-13H2,1-4H3,(H,22,24)(H,23,25). The molecule has 0 heterocycles. The number of anilines is 1. The molecular weight excluding hydrogens is 344 g/mol. The summed E-state index contributed by atoms with van der Waals surface area (Å²) in [6, 6.07) is 12.9. The molecule has 144 valence electrons. The highest BCUT2D eigenvalue weighted by Gasteiger charge is 2.24. The first-order valence-corrected chi connectivity index (χ1v) is 8.71. The molecule has 0 fully saturated rings. The average Bonchev–Trinajstić information content (AvgIpc) is 2.59. The van der Waals surface area contributed by atoms with E-state index in [2.05, 4.69) is 10.6 Å². The van der Waals surface area contributed by atoms with Crippen LogP contribution in [0.5, 0.6) is 5.75 Å². The van der Waals surface area contributed by atoms with E-state index in [1.165, 1.54) is 0 Å². The van der Waals surface area contributed by atoms with Gasteiger partial charge in [0.05, 0.1) is 12.7 Å². The molecule has 2 aromatic carbocycles. The summed E-state index contributed by atoms with van der Waals surface area (Å²) < 4.78 is 5.10. The number of aliphatic hydroxyl groups is 1. The third-order valence-corrected chi connectivity index (χ3v) is 4.06. The average molecular weight is 370 g/mol. The molecular formula is C21H26N2O4. The molecule has 27 heavy (non-hydrogen) atoms. The Labute approximate surface area is 159 Å². The Morgan fingerprint density at radius 1 is 1.04 bits per heavy atom. The molecule has 1 unspecified atom stereocenters. The van der Waals surface area contributed by atoms with Crippen molar-refractivity contribution in [2.75, 3.05) is 19.0 Å². The first-order chi connectivity index (χ1) is 12.7. The van der Waals surface area contributed by atoms with Gasteiger partial charge in [-0.2, -0.15) is 0 Å². The summed E-state index contributed by atoms with van der Waals surface area (Å²) in [5.41, 5.74) is 2.26. The van der Waals surface area contributed by atoms with E-state index < -0.39 is 17.4 Å². The van der Waals surface area contributed by atoms with Gasteiger partial charge in [-0.1, -0.05) is 18.2 Å². The molecule has 0 aromatic heterocycles. The van der Waals surface area contributed by atoms with Crippen molar-refractivity contribution >= 4 is 17.5 Å². The lowest BCUT2D eigenvalue weighted by Gasteiger charge is -2.23. The number of amides is 2. The quantitative estimate of drug-likeness (QED) is 0.681. The number of ether oxygens (including phenoxy) is 1. The van der Waals surface area contributed by atoms with E-state index in [0.717, 1.165) is 22.4 Å². The van der Waals surface area contributed by atoms with Crippen molar-refractivity contribution in [1.29, 1.82) is 0 Å². The lowest BCUT2D eigenvalue weighted by molar-refractivity contribution is -0.136. The van der Waals surface area contributed by atoms with Crippen molar-refractivity contribution in [2.45, 2.75) is 32.8 Å². The van der Waals surface area contributed by atoms with Gasteiger partial charge in [-0.25, -0.2) is 0 Å². The number of carbonyl (C=O) groups is 2. The van der Waals surface area contributed by atoms with E-state index in [0.29, 0.717) is 12.1 Å². The summed E-state index contributed by atoms with van der Waals surface area (Å²) in [5, 5.41) is 15.6. The Balaban J connectivity index is 1.89. The lowest BCUT2D eigenvalue weighted by atomic mass is 9.96. The van der Waals surface area contributed by atoms with Crippen molar-refractivity contribution in [2.24, 2.45) is 0 Å². The zero-order chi connectivity index (χ0) is 20.0. The topological polar surface area (TPSA) is 87.7 Å². The summed E-state index contributed by atoms with van der Waals surface area (Å²) in [4.78, 5) is 24.1. The van der Waals surface area contributed by atoms with Gasteiger partial charge in [-0.3, -0.25) is 9.59 Å². The molecule has 0 spiro atoms. The summed E-state index contributed by atoms with van der Waals surface area (Å²) in [6.07, 6.45) is 0.329. The Kier molecular flexibility index (Phi) is 6.58. The van der Waals surface area contributed by atoms with Gasteiger partial charge in [-0.15, -0.1) is 0 Å². The Hall–Kier alpha value is -2.86. The van der Waals surface area contributed by atoms with Gasteiger partial charge in [-0.05, 0) is 61.7 Å². The SMILES string of the molecule is COc1ccc(CC(C)(O)CNC(=O)C(=O)Nc2cc(C)cc(C)c2)cc1. The molecule has 0 radical (unpaired) electrons. The number of aryl methyl sites for hydroxylation is 2. The summed E-state index contributed by atoms with van der Waals surface area (Å²) in [5.74, 6) is -0.820. The van der Waals surface area contributed by atoms with Gasteiger partial charge in [0.1, 0.15) is 5.75 Å². The van der Waals surface area contributed by atoms with E-state index in [1.54, 1.807) is 38.3 Å².